The number of nitrogens with zero attached hydrogens (tertiary/aromatic N) is 3. The third kappa shape index (κ3) is 2.68. The zero-order chi connectivity index (χ0) is 15.0. The van der Waals surface area contributed by atoms with Crippen LogP contribution >= 0.6 is 0 Å². The lowest BCUT2D eigenvalue weighted by Crippen LogP contribution is -2.55. The van der Waals surface area contributed by atoms with Gasteiger partial charge in [-0.25, -0.2) is 0 Å². The molecule has 3 rings (SSSR count). The lowest BCUT2D eigenvalue weighted by atomic mass is 10.1. The Balaban J connectivity index is 1.91. The topological polar surface area (TPSA) is 61.6 Å². The lowest BCUT2D eigenvalue weighted by molar-refractivity contribution is -0.384. The van der Waals surface area contributed by atoms with Crippen molar-refractivity contribution in [3.8, 4) is 0 Å². The van der Waals surface area contributed by atoms with E-state index in [2.05, 4.69) is 22.0 Å². The third-order valence-corrected chi connectivity index (χ3v) is 4.67. The highest BCUT2D eigenvalue weighted by atomic mass is 16.6. The summed E-state index contributed by atoms with van der Waals surface area (Å²) in [5, 5.41) is 14.1. The van der Waals surface area contributed by atoms with Crippen LogP contribution in [0.5, 0.6) is 0 Å². The number of rotatable bonds is 3. The van der Waals surface area contributed by atoms with E-state index in [1.54, 1.807) is 19.2 Å². The lowest BCUT2D eigenvalue weighted by Gasteiger charge is -2.43. The minimum absolute atomic E-state index is 0.151. The Morgan fingerprint density at radius 2 is 2.14 bits per heavy atom. The van der Waals surface area contributed by atoms with E-state index >= 15 is 0 Å². The smallest absolute Gasteiger partial charge is 0.273 e. The Kier molecular flexibility index (Phi) is 3.71. The fraction of sp³-hybridized carbons (Fsp3) is 0.600. The second-order valence-corrected chi connectivity index (χ2v) is 6.04. The van der Waals surface area contributed by atoms with Crippen LogP contribution < -0.4 is 10.2 Å². The fourth-order valence-electron chi connectivity index (χ4n) is 3.56. The van der Waals surface area contributed by atoms with E-state index in [0.29, 0.717) is 12.1 Å². The van der Waals surface area contributed by atoms with Crippen molar-refractivity contribution in [2.24, 2.45) is 0 Å². The predicted molar refractivity (Wildman–Crippen MR) is 84.0 cm³/mol. The van der Waals surface area contributed by atoms with E-state index in [1.807, 2.05) is 6.07 Å². The van der Waals surface area contributed by atoms with Crippen molar-refractivity contribution in [3.05, 3.63) is 28.3 Å². The molecular weight excluding hydrogens is 268 g/mol. The molecule has 1 aromatic carbocycles. The molecule has 2 atom stereocenters. The van der Waals surface area contributed by atoms with Gasteiger partial charge in [0.1, 0.15) is 0 Å². The summed E-state index contributed by atoms with van der Waals surface area (Å²) in [6.07, 6.45) is 2.50. The van der Waals surface area contributed by atoms with Crippen LogP contribution in [-0.2, 0) is 0 Å². The molecule has 114 valence electrons. The Bertz CT molecular complexity index is 548. The van der Waals surface area contributed by atoms with Gasteiger partial charge in [0.15, 0.2) is 0 Å². The number of nitro groups is 1. The fourth-order valence-corrected chi connectivity index (χ4v) is 3.56. The summed E-state index contributed by atoms with van der Waals surface area (Å²) in [4.78, 5) is 15.7. The number of hydrogen-bond acceptors (Lipinski definition) is 5. The molecule has 21 heavy (non-hydrogen) atoms. The van der Waals surface area contributed by atoms with Gasteiger partial charge in [0.25, 0.3) is 5.69 Å². The molecule has 0 amide bonds. The molecule has 2 saturated heterocycles. The van der Waals surface area contributed by atoms with Gasteiger partial charge in [0.05, 0.1) is 4.92 Å². The Morgan fingerprint density at radius 3 is 2.86 bits per heavy atom. The van der Waals surface area contributed by atoms with Crippen molar-refractivity contribution in [1.29, 1.82) is 0 Å². The second kappa shape index (κ2) is 5.52. The number of nitrogens with one attached hydrogen (secondary N) is 1. The maximum Gasteiger partial charge on any atom is 0.273 e. The van der Waals surface area contributed by atoms with Gasteiger partial charge in [0.2, 0.25) is 0 Å². The Morgan fingerprint density at radius 1 is 1.33 bits per heavy atom. The molecule has 2 heterocycles. The first kappa shape index (κ1) is 14.1. The van der Waals surface area contributed by atoms with E-state index in [-0.39, 0.29) is 10.6 Å². The summed E-state index contributed by atoms with van der Waals surface area (Å²) in [6.45, 7) is 5.40. The van der Waals surface area contributed by atoms with Crippen molar-refractivity contribution < 1.29 is 4.92 Å². The molecule has 0 aromatic heterocycles. The first-order valence-corrected chi connectivity index (χ1v) is 7.56. The van der Waals surface area contributed by atoms with E-state index in [1.165, 1.54) is 19.4 Å². The minimum atomic E-state index is -0.319. The molecule has 2 unspecified atom stereocenters. The predicted octanol–water partition coefficient (Wildman–Crippen LogP) is 2.31. The first-order chi connectivity index (χ1) is 10.1. The van der Waals surface area contributed by atoms with Crippen molar-refractivity contribution in [1.82, 2.24) is 4.90 Å². The largest absolute Gasteiger partial charge is 0.388 e. The number of fused-ring (bicyclic) bond motifs is 1. The number of piperazine rings is 1. The number of nitro benzene ring substituents is 1. The van der Waals surface area contributed by atoms with Crippen molar-refractivity contribution in [3.63, 3.8) is 0 Å². The van der Waals surface area contributed by atoms with Crippen LogP contribution in [-0.4, -0.2) is 48.6 Å². The summed E-state index contributed by atoms with van der Waals surface area (Å²) < 4.78 is 0. The van der Waals surface area contributed by atoms with E-state index in [9.17, 15) is 10.1 Å². The van der Waals surface area contributed by atoms with Crippen LogP contribution in [0.25, 0.3) is 0 Å². The summed E-state index contributed by atoms with van der Waals surface area (Å²) in [6, 6.07) is 6.26. The number of anilines is 2. The molecule has 0 spiro atoms. The number of non-ortho nitro benzene ring substituents is 1. The van der Waals surface area contributed by atoms with E-state index in [4.69, 9.17) is 0 Å². The monoisotopic (exact) mass is 290 g/mol. The van der Waals surface area contributed by atoms with Crippen LogP contribution in [0, 0.1) is 10.1 Å². The van der Waals surface area contributed by atoms with Crippen LogP contribution in [0.15, 0.2) is 18.2 Å². The summed E-state index contributed by atoms with van der Waals surface area (Å²) in [7, 11) is 1.79. The van der Waals surface area contributed by atoms with Gasteiger partial charge in [0, 0.05) is 55.7 Å². The van der Waals surface area contributed by atoms with Gasteiger partial charge in [-0.1, -0.05) is 0 Å². The molecule has 2 aliphatic rings. The van der Waals surface area contributed by atoms with Gasteiger partial charge in [-0.2, -0.15) is 0 Å². The van der Waals surface area contributed by atoms with Crippen molar-refractivity contribution in [2.75, 3.05) is 36.9 Å². The third-order valence-electron chi connectivity index (χ3n) is 4.67. The average Bonchev–Trinajstić information content (AvgIpc) is 2.92. The van der Waals surface area contributed by atoms with Gasteiger partial charge in [-0.15, -0.1) is 0 Å². The first-order valence-electron chi connectivity index (χ1n) is 7.56. The zero-order valence-corrected chi connectivity index (χ0v) is 12.6. The quantitative estimate of drug-likeness (QED) is 0.683. The maximum atomic E-state index is 11.1. The normalized spacial score (nSPS) is 25.7. The standard InChI is InChI=1S/C15H22N4O2/c1-11-9-17-5-3-4-13(17)10-18(11)14-6-12(16-2)7-15(8-14)19(20)21/h6-8,11,13,16H,3-5,9-10H2,1-2H3. The molecule has 0 aliphatic carbocycles. The highest BCUT2D eigenvalue weighted by Crippen LogP contribution is 2.32. The van der Waals surface area contributed by atoms with E-state index < -0.39 is 0 Å². The van der Waals surface area contributed by atoms with E-state index in [0.717, 1.165) is 24.5 Å². The molecule has 0 saturated carbocycles. The van der Waals surface area contributed by atoms with Crippen molar-refractivity contribution in [2.45, 2.75) is 31.8 Å². The molecule has 1 N–H and O–H groups in total. The molecule has 1 aromatic rings. The maximum absolute atomic E-state index is 11.1. The highest BCUT2D eigenvalue weighted by Gasteiger charge is 2.34. The average molecular weight is 290 g/mol. The summed E-state index contributed by atoms with van der Waals surface area (Å²) >= 11 is 0. The molecule has 2 fully saturated rings. The minimum Gasteiger partial charge on any atom is -0.388 e. The SMILES string of the molecule is CNc1cc(N2CC3CCCN3CC2C)cc([N+](=O)[O-])c1. The molecule has 2 aliphatic heterocycles. The van der Waals surface area contributed by atoms with Crippen LogP contribution in [0.4, 0.5) is 17.1 Å². The summed E-state index contributed by atoms with van der Waals surface area (Å²) in [5.74, 6) is 0. The van der Waals surface area contributed by atoms with Gasteiger partial charge in [-0.05, 0) is 32.4 Å². The van der Waals surface area contributed by atoms with Gasteiger partial charge in [-0.3, -0.25) is 15.0 Å². The summed E-state index contributed by atoms with van der Waals surface area (Å²) in [5.41, 5.74) is 1.89. The van der Waals surface area contributed by atoms with Crippen LogP contribution in [0.1, 0.15) is 19.8 Å². The number of benzene rings is 1. The molecule has 0 radical (unpaired) electrons. The zero-order valence-electron chi connectivity index (χ0n) is 12.6. The Labute approximate surface area is 124 Å². The Hall–Kier alpha value is -1.82. The number of hydrogen-bond donors (Lipinski definition) is 1. The van der Waals surface area contributed by atoms with Crippen LogP contribution in [0.2, 0.25) is 0 Å². The molecule has 6 heteroatoms. The van der Waals surface area contributed by atoms with Crippen molar-refractivity contribution >= 4 is 17.1 Å². The molecule has 0 bridgehead atoms. The molecule has 6 nitrogen and oxygen atoms in total. The van der Waals surface area contributed by atoms with Crippen LogP contribution in [0.3, 0.4) is 0 Å². The molecular formula is C15H22N4O2. The van der Waals surface area contributed by atoms with Gasteiger partial charge >= 0.3 is 0 Å². The second-order valence-electron chi connectivity index (χ2n) is 6.04. The van der Waals surface area contributed by atoms with Gasteiger partial charge < -0.3 is 10.2 Å². The highest BCUT2D eigenvalue weighted by molar-refractivity contribution is 5.65.